The van der Waals surface area contributed by atoms with Gasteiger partial charge in [-0.3, -0.25) is 14.3 Å². The number of pyridine rings is 1. The van der Waals surface area contributed by atoms with Crippen LogP contribution in [0.4, 0.5) is 27.9 Å². The Bertz CT molecular complexity index is 1450. The minimum Gasteiger partial charge on any atom is -0.376 e. The minimum absolute atomic E-state index is 0.0312. The van der Waals surface area contributed by atoms with E-state index in [1.807, 2.05) is 0 Å². The van der Waals surface area contributed by atoms with Crippen molar-refractivity contribution in [2.75, 3.05) is 11.6 Å². The van der Waals surface area contributed by atoms with Gasteiger partial charge in [0.2, 0.25) is 5.95 Å². The molecular formula is C23H17F5N4O3. The third-order valence-electron chi connectivity index (χ3n) is 5.24. The van der Waals surface area contributed by atoms with E-state index in [1.165, 1.54) is 19.1 Å². The molecule has 0 saturated carbocycles. The van der Waals surface area contributed by atoms with Crippen LogP contribution in [0.15, 0.2) is 59.4 Å². The van der Waals surface area contributed by atoms with Crippen LogP contribution in [0.5, 0.6) is 0 Å². The van der Waals surface area contributed by atoms with Gasteiger partial charge in [0.15, 0.2) is 17.3 Å². The summed E-state index contributed by atoms with van der Waals surface area (Å²) in [5.74, 6) is -2.53. The smallest absolute Gasteiger partial charge is 0.376 e. The lowest BCUT2D eigenvalue weighted by Crippen LogP contribution is -2.35. The molecule has 2 N–H and O–H groups in total. The van der Waals surface area contributed by atoms with E-state index in [0.29, 0.717) is 0 Å². The normalized spacial score (nSPS) is 12.7. The fourth-order valence-corrected chi connectivity index (χ4v) is 3.49. The molecule has 2 aromatic heterocycles. The van der Waals surface area contributed by atoms with E-state index in [1.54, 1.807) is 0 Å². The van der Waals surface area contributed by atoms with Crippen molar-refractivity contribution < 1.29 is 32.2 Å². The standard InChI is InChI=1S/C23H17F5N4O3/c1-12(34)31(11-33)22-29-20(13-2-8-17(24)18(25)10-13)16-7-9-19(35)32(21(16)30-22)15-5-3-14(4-6-15)23(26,27)28/h2-10,12,33-34H,11H2,1H3. The van der Waals surface area contributed by atoms with E-state index in [0.717, 1.165) is 51.9 Å². The highest BCUT2D eigenvalue weighted by molar-refractivity contribution is 5.92. The van der Waals surface area contributed by atoms with Crippen molar-refractivity contribution in [1.82, 2.24) is 14.5 Å². The van der Waals surface area contributed by atoms with Gasteiger partial charge in [-0.15, -0.1) is 0 Å². The minimum atomic E-state index is -4.59. The number of aliphatic hydroxyl groups excluding tert-OH is 2. The molecule has 4 rings (SSSR count). The third kappa shape index (κ3) is 4.57. The summed E-state index contributed by atoms with van der Waals surface area (Å²) in [5.41, 5.74) is -1.50. The lowest BCUT2D eigenvalue weighted by Gasteiger charge is -2.24. The predicted octanol–water partition coefficient (Wildman–Crippen LogP) is 3.84. The van der Waals surface area contributed by atoms with Crippen LogP contribution in [0.2, 0.25) is 0 Å². The van der Waals surface area contributed by atoms with Crippen LogP contribution in [-0.2, 0) is 6.18 Å². The van der Waals surface area contributed by atoms with Crippen LogP contribution < -0.4 is 10.5 Å². The van der Waals surface area contributed by atoms with Gasteiger partial charge in [0.25, 0.3) is 5.56 Å². The number of alkyl halides is 3. The molecule has 0 spiro atoms. The summed E-state index contributed by atoms with van der Waals surface area (Å²) in [4.78, 5) is 22.3. The molecule has 4 aromatic rings. The molecule has 0 amide bonds. The molecular weight excluding hydrogens is 475 g/mol. The average Bonchev–Trinajstić information content (AvgIpc) is 2.80. The first-order valence-electron chi connectivity index (χ1n) is 10.1. The quantitative estimate of drug-likeness (QED) is 0.325. The lowest BCUT2D eigenvalue weighted by molar-refractivity contribution is -0.137. The summed E-state index contributed by atoms with van der Waals surface area (Å²) in [6.07, 6.45) is -5.87. The SMILES string of the molecule is CC(O)N(CO)c1nc(-c2ccc(F)c(F)c2)c2ccc(=O)n(-c3ccc(C(F)(F)F)cc3)c2n1. The second-order valence-electron chi connectivity index (χ2n) is 7.53. The van der Waals surface area contributed by atoms with Crippen molar-refractivity contribution in [2.45, 2.75) is 19.3 Å². The maximum absolute atomic E-state index is 14.0. The number of hydrogen-bond acceptors (Lipinski definition) is 6. The van der Waals surface area contributed by atoms with Crippen LogP contribution in [-0.4, -0.2) is 37.7 Å². The van der Waals surface area contributed by atoms with Gasteiger partial charge in [-0.05, 0) is 55.5 Å². The van der Waals surface area contributed by atoms with Gasteiger partial charge in [0.05, 0.1) is 16.9 Å². The Hall–Kier alpha value is -3.90. The molecule has 0 bridgehead atoms. The Labute approximate surface area is 194 Å². The van der Waals surface area contributed by atoms with E-state index >= 15 is 0 Å². The number of halogens is 5. The highest BCUT2D eigenvalue weighted by Crippen LogP contribution is 2.32. The number of rotatable bonds is 5. The van der Waals surface area contributed by atoms with Gasteiger partial charge in [-0.1, -0.05) is 0 Å². The molecule has 0 aliphatic heterocycles. The number of aliphatic hydroxyl groups is 2. The van der Waals surface area contributed by atoms with Crippen molar-refractivity contribution in [2.24, 2.45) is 0 Å². The Kier molecular flexibility index (Phi) is 6.26. The van der Waals surface area contributed by atoms with Crippen LogP contribution in [0.3, 0.4) is 0 Å². The molecule has 0 aliphatic carbocycles. The lowest BCUT2D eigenvalue weighted by atomic mass is 10.1. The van der Waals surface area contributed by atoms with Crippen LogP contribution in [0, 0.1) is 11.6 Å². The summed E-state index contributed by atoms with van der Waals surface area (Å²) in [7, 11) is 0. The van der Waals surface area contributed by atoms with Crippen LogP contribution in [0.25, 0.3) is 28.0 Å². The Balaban J connectivity index is 2.05. The second kappa shape index (κ2) is 9.04. The zero-order chi connectivity index (χ0) is 25.5. The third-order valence-corrected chi connectivity index (χ3v) is 5.24. The van der Waals surface area contributed by atoms with Gasteiger partial charge >= 0.3 is 6.18 Å². The van der Waals surface area contributed by atoms with E-state index in [2.05, 4.69) is 9.97 Å². The molecule has 35 heavy (non-hydrogen) atoms. The van der Waals surface area contributed by atoms with Crippen LogP contribution in [0.1, 0.15) is 12.5 Å². The molecule has 0 aliphatic rings. The van der Waals surface area contributed by atoms with Gasteiger partial charge < -0.3 is 10.2 Å². The molecule has 1 atom stereocenters. The molecule has 0 saturated heterocycles. The summed E-state index contributed by atoms with van der Waals surface area (Å²) in [6, 6.07) is 9.23. The number of hydrogen-bond donors (Lipinski definition) is 2. The fourth-order valence-electron chi connectivity index (χ4n) is 3.49. The van der Waals surface area contributed by atoms with Crippen molar-refractivity contribution in [3.63, 3.8) is 0 Å². The number of benzene rings is 2. The Morgan fingerprint density at radius 1 is 1.00 bits per heavy atom. The first kappa shape index (κ1) is 24.2. The van der Waals surface area contributed by atoms with E-state index in [9.17, 15) is 37.0 Å². The molecule has 1 unspecified atom stereocenters. The topological polar surface area (TPSA) is 91.5 Å². The number of nitrogens with zero attached hydrogens (tertiary/aromatic N) is 4. The summed E-state index contributed by atoms with van der Waals surface area (Å²) < 4.78 is 67.6. The highest BCUT2D eigenvalue weighted by Gasteiger charge is 2.30. The monoisotopic (exact) mass is 492 g/mol. The Morgan fingerprint density at radius 3 is 2.26 bits per heavy atom. The van der Waals surface area contributed by atoms with Gasteiger partial charge in [-0.2, -0.15) is 18.2 Å². The van der Waals surface area contributed by atoms with Crippen LogP contribution >= 0.6 is 0 Å². The van der Waals surface area contributed by atoms with Crippen molar-refractivity contribution >= 4 is 17.0 Å². The van der Waals surface area contributed by atoms with Gasteiger partial charge in [0, 0.05) is 17.0 Å². The van der Waals surface area contributed by atoms with Crippen molar-refractivity contribution in [3.8, 4) is 16.9 Å². The first-order valence-corrected chi connectivity index (χ1v) is 10.1. The molecule has 2 aromatic carbocycles. The number of fused-ring (bicyclic) bond motifs is 1. The highest BCUT2D eigenvalue weighted by atomic mass is 19.4. The maximum atomic E-state index is 14.0. The second-order valence-corrected chi connectivity index (χ2v) is 7.53. The maximum Gasteiger partial charge on any atom is 0.416 e. The first-order chi connectivity index (χ1) is 16.5. The van der Waals surface area contributed by atoms with Gasteiger partial charge in [0.1, 0.15) is 13.0 Å². The summed E-state index contributed by atoms with van der Waals surface area (Å²) in [6.45, 7) is 0.576. The zero-order valence-corrected chi connectivity index (χ0v) is 18.0. The largest absolute Gasteiger partial charge is 0.416 e. The zero-order valence-electron chi connectivity index (χ0n) is 18.0. The number of anilines is 1. The fraction of sp³-hybridized carbons (Fsp3) is 0.174. The summed E-state index contributed by atoms with van der Waals surface area (Å²) >= 11 is 0. The molecule has 182 valence electrons. The Morgan fingerprint density at radius 2 is 1.69 bits per heavy atom. The predicted molar refractivity (Wildman–Crippen MR) is 117 cm³/mol. The van der Waals surface area contributed by atoms with Gasteiger partial charge in [-0.25, -0.2) is 13.8 Å². The number of aromatic nitrogens is 3. The van der Waals surface area contributed by atoms with E-state index < -0.39 is 41.9 Å². The molecule has 2 heterocycles. The molecule has 0 fully saturated rings. The van der Waals surface area contributed by atoms with Crippen molar-refractivity contribution in [3.05, 3.63) is 82.1 Å². The molecule has 12 heteroatoms. The summed E-state index contributed by atoms with van der Waals surface area (Å²) in [5, 5.41) is 19.9. The van der Waals surface area contributed by atoms with E-state index in [-0.39, 0.29) is 33.9 Å². The molecule has 7 nitrogen and oxygen atoms in total. The van der Waals surface area contributed by atoms with E-state index in [4.69, 9.17) is 0 Å². The average molecular weight is 492 g/mol. The van der Waals surface area contributed by atoms with Crippen molar-refractivity contribution in [1.29, 1.82) is 0 Å². The molecule has 0 radical (unpaired) electrons.